The van der Waals surface area contributed by atoms with E-state index < -0.39 is 0 Å². The van der Waals surface area contributed by atoms with Crippen molar-refractivity contribution < 1.29 is 0 Å². The highest BCUT2D eigenvalue weighted by molar-refractivity contribution is 9.10. The second-order valence-electron chi connectivity index (χ2n) is 6.28. The third-order valence-electron chi connectivity index (χ3n) is 4.61. The number of hydrogen-bond acceptors (Lipinski definition) is 4. The third-order valence-corrected chi connectivity index (χ3v) is 5.37. The number of aromatic nitrogens is 2. The number of nitrogens with one attached hydrogen (secondary N) is 2. The summed E-state index contributed by atoms with van der Waals surface area (Å²) in [6.07, 6.45) is 8.85. The first-order chi connectivity index (χ1) is 10.2. The van der Waals surface area contributed by atoms with Crippen LogP contribution in [0.3, 0.4) is 0 Å². The van der Waals surface area contributed by atoms with Gasteiger partial charge in [-0.25, -0.2) is 4.68 Å². The molecule has 5 nitrogen and oxygen atoms in total. The Hall–Kier alpha value is -0.880. The molecule has 1 heterocycles. The molecule has 0 spiro atoms. The van der Waals surface area contributed by atoms with Gasteiger partial charge in [0.2, 0.25) is 0 Å². The van der Waals surface area contributed by atoms with Crippen molar-refractivity contribution in [3.63, 3.8) is 0 Å². The normalized spacial score (nSPS) is 25.8. The van der Waals surface area contributed by atoms with Gasteiger partial charge >= 0.3 is 0 Å². The summed E-state index contributed by atoms with van der Waals surface area (Å²) in [5.41, 5.74) is 0.816. The van der Waals surface area contributed by atoms with Crippen molar-refractivity contribution in [2.75, 3.05) is 12.4 Å². The van der Waals surface area contributed by atoms with Crippen LogP contribution in [0.5, 0.6) is 0 Å². The van der Waals surface area contributed by atoms with E-state index in [-0.39, 0.29) is 5.56 Å². The van der Waals surface area contributed by atoms with Gasteiger partial charge in [-0.15, -0.1) is 0 Å². The quantitative estimate of drug-likeness (QED) is 0.851. The molecule has 0 atom stereocenters. The number of anilines is 1. The van der Waals surface area contributed by atoms with Gasteiger partial charge in [-0.05, 0) is 67.4 Å². The Morgan fingerprint density at radius 2 is 1.90 bits per heavy atom. The van der Waals surface area contributed by atoms with Gasteiger partial charge in [-0.1, -0.05) is 0 Å². The molecule has 0 aliphatic heterocycles. The zero-order valence-electron chi connectivity index (χ0n) is 12.4. The minimum Gasteiger partial charge on any atom is -0.380 e. The summed E-state index contributed by atoms with van der Waals surface area (Å²) in [5.74, 6) is 0.651. The van der Waals surface area contributed by atoms with E-state index in [9.17, 15) is 4.79 Å². The van der Waals surface area contributed by atoms with Gasteiger partial charge in [0.25, 0.3) is 5.56 Å². The smallest absolute Gasteiger partial charge is 0.283 e. The molecule has 0 radical (unpaired) electrons. The third kappa shape index (κ3) is 3.66. The van der Waals surface area contributed by atoms with E-state index in [1.807, 2.05) is 7.05 Å². The fourth-order valence-electron chi connectivity index (χ4n) is 2.99. The Bertz CT molecular complexity index is 547. The van der Waals surface area contributed by atoms with E-state index in [4.69, 9.17) is 0 Å². The summed E-state index contributed by atoms with van der Waals surface area (Å²) in [6, 6.07) is 1.07. The summed E-state index contributed by atoms with van der Waals surface area (Å²) < 4.78 is 2.21. The monoisotopic (exact) mass is 354 g/mol. The first-order valence-electron chi connectivity index (χ1n) is 7.86. The van der Waals surface area contributed by atoms with Crippen LogP contribution in [-0.2, 0) is 6.54 Å². The van der Waals surface area contributed by atoms with Crippen LogP contribution < -0.4 is 16.2 Å². The number of hydrogen-bond donors (Lipinski definition) is 2. The van der Waals surface area contributed by atoms with Crippen LogP contribution in [0.15, 0.2) is 15.5 Å². The Labute approximate surface area is 133 Å². The molecule has 6 heteroatoms. The van der Waals surface area contributed by atoms with Gasteiger partial charge in [-0.2, -0.15) is 5.10 Å². The summed E-state index contributed by atoms with van der Waals surface area (Å²) in [6.45, 7) is 0.755. The van der Waals surface area contributed by atoms with Crippen molar-refractivity contribution in [3.8, 4) is 0 Å². The van der Waals surface area contributed by atoms with Crippen molar-refractivity contribution in [2.45, 2.75) is 57.2 Å². The van der Waals surface area contributed by atoms with Crippen LogP contribution in [0, 0.1) is 5.92 Å². The van der Waals surface area contributed by atoms with Gasteiger partial charge in [0, 0.05) is 18.6 Å². The zero-order chi connectivity index (χ0) is 14.8. The summed E-state index contributed by atoms with van der Waals surface area (Å²) in [7, 11) is 2.03. The Morgan fingerprint density at radius 3 is 2.52 bits per heavy atom. The predicted molar refractivity (Wildman–Crippen MR) is 87.6 cm³/mol. The molecule has 3 rings (SSSR count). The lowest BCUT2D eigenvalue weighted by Gasteiger charge is -2.29. The zero-order valence-corrected chi connectivity index (χ0v) is 14.0. The molecular weight excluding hydrogens is 332 g/mol. The van der Waals surface area contributed by atoms with Gasteiger partial charge in [-0.3, -0.25) is 4.79 Å². The maximum Gasteiger partial charge on any atom is 0.283 e. The highest BCUT2D eigenvalue weighted by Gasteiger charge is 2.24. The van der Waals surface area contributed by atoms with Crippen LogP contribution in [0.1, 0.15) is 38.5 Å². The van der Waals surface area contributed by atoms with Crippen molar-refractivity contribution in [3.05, 3.63) is 21.0 Å². The van der Waals surface area contributed by atoms with E-state index in [0.29, 0.717) is 22.5 Å². The van der Waals surface area contributed by atoms with Crippen molar-refractivity contribution >= 4 is 21.6 Å². The molecular formula is C15H23BrN4O. The van der Waals surface area contributed by atoms with Crippen LogP contribution >= 0.6 is 15.9 Å². The van der Waals surface area contributed by atoms with Crippen molar-refractivity contribution in [2.24, 2.45) is 5.92 Å². The number of nitrogens with zero attached hydrogens (tertiary/aromatic N) is 2. The molecule has 0 unspecified atom stereocenters. The minimum absolute atomic E-state index is 0.0178. The molecule has 1 aromatic heterocycles. The SMILES string of the molecule is CNC1CCC(Nc2cnn(CC3CC3)c(=O)c2Br)CC1. The molecule has 21 heavy (non-hydrogen) atoms. The molecule has 0 amide bonds. The molecule has 2 N–H and O–H groups in total. The number of rotatable bonds is 5. The van der Waals surface area contributed by atoms with Crippen LogP contribution in [0.4, 0.5) is 5.69 Å². The fraction of sp³-hybridized carbons (Fsp3) is 0.733. The fourth-order valence-corrected chi connectivity index (χ4v) is 3.41. The van der Waals surface area contributed by atoms with Gasteiger partial charge < -0.3 is 10.6 Å². The average Bonchev–Trinajstić information content (AvgIpc) is 3.32. The lowest BCUT2D eigenvalue weighted by atomic mass is 9.91. The summed E-state index contributed by atoms with van der Waals surface area (Å²) in [5, 5.41) is 11.1. The highest BCUT2D eigenvalue weighted by atomic mass is 79.9. The van der Waals surface area contributed by atoms with E-state index in [1.165, 1.54) is 25.7 Å². The van der Waals surface area contributed by atoms with Gasteiger partial charge in [0.05, 0.1) is 11.9 Å². The molecule has 1 aromatic rings. The Balaban J connectivity index is 1.65. The molecule has 116 valence electrons. The van der Waals surface area contributed by atoms with E-state index in [1.54, 1.807) is 10.9 Å². The van der Waals surface area contributed by atoms with E-state index in [0.717, 1.165) is 25.1 Å². The molecule has 2 fully saturated rings. The lowest BCUT2D eigenvalue weighted by Crippen LogP contribution is -2.35. The van der Waals surface area contributed by atoms with Crippen molar-refractivity contribution in [1.29, 1.82) is 0 Å². The molecule has 2 saturated carbocycles. The largest absolute Gasteiger partial charge is 0.380 e. The summed E-state index contributed by atoms with van der Waals surface area (Å²) in [4.78, 5) is 12.3. The maximum absolute atomic E-state index is 12.3. The standard InChI is InChI=1S/C15H23BrN4O/c1-17-11-4-6-12(7-5-11)19-13-8-18-20(9-10-2-3-10)15(21)14(13)16/h8,10-12,17,19H,2-7,9H2,1H3. The first kappa shape index (κ1) is 15.0. The Morgan fingerprint density at radius 1 is 1.24 bits per heavy atom. The molecule has 2 aliphatic carbocycles. The Kier molecular flexibility index (Phi) is 4.64. The maximum atomic E-state index is 12.3. The van der Waals surface area contributed by atoms with Gasteiger partial charge in [0.1, 0.15) is 4.47 Å². The molecule has 0 saturated heterocycles. The molecule has 0 bridgehead atoms. The summed E-state index contributed by atoms with van der Waals surface area (Å²) >= 11 is 3.45. The molecule has 0 aromatic carbocycles. The predicted octanol–water partition coefficient (Wildman–Crippen LogP) is 2.36. The van der Waals surface area contributed by atoms with Crippen LogP contribution in [0.2, 0.25) is 0 Å². The lowest BCUT2D eigenvalue weighted by molar-refractivity contribution is 0.371. The highest BCUT2D eigenvalue weighted by Crippen LogP contribution is 2.30. The molecule has 2 aliphatic rings. The average molecular weight is 355 g/mol. The minimum atomic E-state index is -0.0178. The van der Waals surface area contributed by atoms with Crippen LogP contribution in [-0.4, -0.2) is 28.9 Å². The number of halogens is 1. The van der Waals surface area contributed by atoms with Crippen molar-refractivity contribution in [1.82, 2.24) is 15.1 Å². The van der Waals surface area contributed by atoms with Gasteiger partial charge in [0.15, 0.2) is 0 Å². The van der Waals surface area contributed by atoms with E-state index in [2.05, 4.69) is 31.7 Å². The second kappa shape index (κ2) is 6.48. The topological polar surface area (TPSA) is 59.0 Å². The van der Waals surface area contributed by atoms with Crippen LogP contribution in [0.25, 0.3) is 0 Å². The second-order valence-corrected chi connectivity index (χ2v) is 7.08. The van der Waals surface area contributed by atoms with E-state index >= 15 is 0 Å². The first-order valence-corrected chi connectivity index (χ1v) is 8.66.